The van der Waals surface area contributed by atoms with E-state index in [1.54, 1.807) is 24.3 Å². The van der Waals surface area contributed by atoms with Gasteiger partial charge in [0.25, 0.3) is 0 Å². The molecule has 128 valence electrons. The van der Waals surface area contributed by atoms with Crippen molar-refractivity contribution in [1.29, 1.82) is 0 Å². The van der Waals surface area contributed by atoms with Gasteiger partial charge < -0.3 is 9.84 Å². The van der Waals surface area contributed by atoms with E-state index in [2.05, 4.69) is 0 Å². The normalized spacial score (nSPS) is 11.3. The van der Waals surface area contributed by atoms with E-state index in [0.717, 1.165) is 17.7 Å². The predicted molar refractivity (Wildman–Crippen MR) is 89.3 cm³/mol. The number of hydrogen-bond donors (Lipinski definition) is 1. The summed E-state index contributed by atoms with van der Waals surface area (Å²) in [4.78, 5) is 0. The molecule has 0 saturated heterocycles. The lowest BCUT2D eigenvalue weighted by Gasteiger charge is -2.14. The fraction of sp³-hybridized carbons (Fsp3) is 0.100. The van der Waals surface area contributed by atoms with E-state index in [0.29, 0.717) is 17.9 Å². The number of ether oxygens (including phenoxy) is 1. The van der Waals surface area contributed by atoms with E-state index >= 15 is 0 Å². The maximum Gasteiger partial charge on any atom is 0.416 e. The first-order chi connectivity index (χ1) is 11.9. The average molecular weight is 344 g/mol. The molecular weight excluding hydrogens is 329 g/mol. The number of rotatable bonds is 4. The topological polar surface area (TPSA) is 29.5 Å². The highest BCUT2D eigenvalue weighted by molar-refractivity contribution is 5.75. The van der Waals surface area contributed by atoms with Crippen LogP contribution < -0.4 is 4.74 Å². The quantitative estimate of drug-likeness (QED) is 0.662. The monoisotopic (exact) mass is 344 g/mol. The molecule has 0 fully saturated rings. The molecule has 0 aliphatic rings. The molecule has 3 aromatic rings. The molecule has 0 atom stereocenters. The number of aromatic hydroxyl groups is 1. The van der Waals surface area contributed by atoms with Gasteiger partial charge >= 0.3 is 6.18 Å². The molecule has 0 amide bonds. The first-order valence-electron chi connectivity index (χ1n) is 7.61. The molecule has 1 N–H and O–H groups in total. The van der Waals surface area contributed by atoms with Crippen LogP contribution in [0.25, 0.3) is 11.1 Å². The molecular formula is C20H15F3O2. The Hall–Kier alpha value is -2.95. The second kappa shape index (κ2) is 6.89. The summed E-state index contributed by atoms with van der Waals surface area (Å²) in [6.45, 7) is 0.319. The Balaban J connectivity index is 1.90. The van der Waals surface area contributed by atoms with Gasteiger partial charge in [0.15, 0.2) is 0 Å². The highest BCUT2D eigenvalue weighted by atomic mass is 19.4. The van der Waals surface area contributed by atoms with Crippen molar-refractivity contribution in [3.8, 4) is 22.6 Å². The van der Waals surface area contributed by atoms with Crippen LogP contribution in [-0.2, 0) is 12.8 Å². The van der Waals surface area contributed by atoms with Crippen molar-refractivity contribution in [1.82, 2.24) is 0 Å². The number of para-hydroxylation sites is 1. The molecule has 0 bridgehead atoms. The molecule has 0 saturated carbocycles. The third kappa shape index (κ3) is 3.94. The molecule has 5 heteroatoms. The van der Waals surface area contributed by atoms with Gasteiger partial charge in [0.1, 0.15) is 18.1 Å². The van der Waals surface area contributed by atoms with Crippen molar-refractivity contribution in [2.75, 3.05) is 0 Å². The van der Waals surface area contributed by atoms with Crippen molar-refractivity contribution in [3.63, 3.8) is 0 Å². The summed E-state index contributed by atoms with van der Waals surface area (Å²) in [7, 11) is 0. The van der Waals surface area contributed by atoms with Crippen LogP contribution in [0.4, 0.5) is 13.2 Å². The van der Waals surface area contributed by atoms with Gasteiger partial charge in [-0.2, -0.15) is 13.2 Å². The molecule has 2 nitrogen and oxygen atoms in total. The molecule has 0 aromatic heterocycles. The van der Waals surface area contributed by atoms with Gasteiger partial charge in [0.05, 0.1) is 5.56 Å². The maximum atomic E-state index is 12.8. The molecule has 25 heavy (non-hydrogen) atoms. The molecule has 0 aliphatic carbocycles. The summed E-state index contributed by atoms with van der Waals surface area (Å²) >= 11 is 0. The number of alkyl halides is 3. The van der Waals surface area contributed by atoms with Gasteiger partial charge in [-0.25, -0.2) is 0 Å². The second-order valence-electron chi connectivity index (χ2n) is 5.50. The van der Waals surface area contributed by atoms with Crippen molar-refractivity contribution in [2.24, 2.45) is 0 Å². The van der Waals surface area contributed by atoms with E-state index in [4.69, 9.17) is 4.74 Å². The smallest absolute Gasteiger partial charge is 0.416 e. The summed E-state index contributed by atoms with van der Waals surface area (Å²) in [6, 6.07) is 19.4. The standard InChI is InChI=1S/C20H15F3O2/c21-20(22,23)15-10-11-16(18(24)12-15)17-8-4-5-9-19(17)25-13-14-6-2-1-3-7-14/h1-12,24H,13H2. The Kier molecular flexibility index (Phi) is 4.65. The maximum absolute atomic E-state index is 12.8. The van der Waals surface area contributed by atoms with Crippen LogP contribution in [0.3, 0.4) is 0 Å². The van der Waals surface area contributed by atoms with Crippen molar-refractivity contribution in [2.45, 2.75) is 12.8 Å². The SMILES string of the molecule is Oc1cc(C(F)(F)F)ccc1-c1ccccc1OCc1ccccc1. The molecule has 3 rings (SSSR count). The summed E-state index contributed by atoms with van der Waals surface area (Å²) in [5.41, 5.74) is 0.895. The second-order valence-corrected chi connectivity index (χ2v) is 5.50. The van der Waals surface area contributed by atoms with Gasteiger partial charge in [-0.1, -0.05) is 48.5 Å². The Bertz CT molecular complexity index is 858. The van der Waals surface area contributed by atoms with Gasteiger partial charge in [0, 0.05) is 11.1 Å². The van der Waals surface area contributed by atoms with Gasteiger partial charge in [-0.15, -0.1) is 0 Å². The third-order valence-corrected chi connectivity index (χ3v) is 3.74. The lowest BCUT2D eigenvalue weighted by Crippen LogP contribution is -2.04. The van der Waals surface area contributed by atoms with Crippen LogP contribution in [0.5, 0.6) is 11.5 Å². The zero-order valence-corrected chi connectivity index (χ0v) is 13.1. The molecule has 0 aliphatic heterocycles. The minimum absolute atomic E-state index is 0.289. The highest BCUT2D eigenvalue weighted by Gasteiger charge is 2.31. The molecule has 3 aromatic carbocycles. The lowest BCUT2D eigenvalue weighted by molar-refractivity contribution is -0.137. The Morgan fingerprint density at radius 1 is 0.800 bits per heavy atom. The van der Waals surface area contributed by atoms with E-state index in [1.807, 2.05) is 30.3 Å². The van der Waals surface area contributed by atoms with E-state index < -0.39 is 17.5 Å². The summed E-state index contributed by atoms with van der Waals surface area (Å²) in [5, 5.41) is 10.1. The van der Waals surface area contributed by atoms with E-state index in [9.17, 15) is 18.3 Å². The number of phenols is 1. The minimum Gasteiger partial charge on any atom is -0.507 e. The van der Waals surface area contributed by atoms with E-state index in [1.165, 1.54) is 6.07 Å². The van der Waals surface area contributed by atoms with Gasteiger partial charge in [0.2, 0.25) is 0 Å². The summed E-state index contributed by atoms with van der Waals surface area (Å²) in [6.07, 6.45) is -4.50. The van der Waals surface area contributed by atoms with Gasteiger partial charge in [-0.05, 0) is 29.8 Å². The zero-order valence-electron chi connectivity index (χ0n) is 13.1. The Morgan fingerprint density at radius 2 is 1.48 bits per heavy atom. The van der Waals surface area contributed by atoms with Crippen LogP contribution in [0, 0.1) is 0 Å². The van der Waals surface area contributed by atoms with Crippen LogP contribution in [-0.4, -0.2) is 5.11 Å². The number of halogens is 3. The fourth-order valence-electron chi connectivity index (χ4n) is 2.49. The van der Waals surface area contributed by atoms with Crippen LogP contribution in [0.2, 0.25) is 0 Å². The van der Waals surface area contributed by atoms with Crippen molar-refractivity contribution >= 4 is 0 Å². The first-order valence-corrected chi connectivity index (χ1v) is 7.61. The minimum atomic E-state index is -4.50. The van der Waals surface area contributed by atoms with Crippen molar-refractivity contribution in [3.05, 3.63) is 83.9 Å². The summed E-state index contributed by atoms with van der Waals surface area (Å²) < 4.78 is 44.1. The molecule has 0 heterocycles. The highest BCUT2D eigenvalue weighted by Crippen LogP contribution is 2.39. The summed E-state index contributed by atoms with van der Waals surface area (Å²) in [5.74, 6) is 0.0481. The third-order valence-electron chi connectivity index (χ3n) is 3.74. The lowest BCUT2D eigenvalue weighted by atomic mass is 10.0. The molecule has 0 spiro atoms. The Morgan fingerprint density at radius 3 is 2.16 bits per heavy atom. The molecule has 0 radical (unpaired) electrons. The fourth-order valence-corrected chi connectivity index (χ4v) is 2.49. The van der Waals surface area contributed by atoms with Crippen LogP contribution in [0.1, 0.15) is 11.1 Å². The van der Waals surface area contributed by atoms with Crippen molar-refractivity contribution < 1.29 is 23.0 Å². The first kappa shape index (κ1) is 16.9. The average Bonchev–Trinajstić information content (AvgIpc) is 2.60. The zero-order chi connectivity index (χ0) is 17.9. The predicted octanol–water partition coefficient (Wildman–Crippen LogP) is 5.66. The number of phenolic OH excluding ortho intramolecular Hbond substituents is 1. The molecule has 0 unspecified atom stereocenters. The van der Waals surface area contributed by atoms with E-state index in [-0.39, 0.29) is 5.56 Å². The van der Waals surface area contributed by atoms with Gasteiger partial charge in [-0.3, -0.25) is 0 Å². The number of benzene rings is 3. The van der Waals surface area contributed by atoms with Crippen LogP contribution >= 0.6 is 0 Å². The van der Waals surface area contributed by atoms with Crippen LogP contribution in [0.15, 0.2) is 72.8 Å². The Labute approximate surface area is 143 Å². The number of hydrogen-bond acceptors (Lipinski definition) is 2. The largest absolute Gasteiger partial charge is 0.507 e.